The zero-order chi connectivity index (χ0) is 21.8. The maximum absolute atomic E-state index is 12.1. The Morgan fingerprint density at radius 2 is 2.09 bits per heavy atom. The molecule has 0 bridgehead atoms. The van der Waals surface area contributed by atoms with Crippen LogP contribution in [0.25, 0.3) is 11.4 Å². The quantitative estimate of drug-likeness (QED) is 0.688. The van der Waals surface area contributed by atoms with E-state index in [1.165, 1.54) is 22.5 Å². The van der Waals surface area contributed by atoms with Crippen molar-refractivity contribution in [2.45, 2.75) is 45.7 Å². The van der Waals surface area contributed by atoms with E-state index < -0.39 is 0 Å². The number of carbonyl (C=O) groups excluding carboxylic acids is 1. The van der Waals surface area contributed by atoms with Gasteiger partial charge in [-0.2, -0.15) is 5.10 Å². The molecule has 8 heteroatoms. The van der Waals surface area contributed by atoms with Crippen LogP contribution in [-0.2, 0) is 28.9 Å². The summed E-state index contributed by atoms with van der Waals surface area (Å²) in [6, 6.07) is 6.89. The second kappa shape index (κ2) is 7.48. The number of aromatic amines is 1. The smallest absolute Gasteiger partial charge is 0.219 e. The monoisotopic (exact) mass is 432 g/mol. The standard InChI is InChI=1S/C24H28N6O2/c1-15-11-25-23(26-15)18-5-6-21-17(10-18)4-3-8-29(21)24-20-12-28(16(2)31)9-7-22(20)30(27-24)19-13-32-14-19/h5-6,10-11,19H,3-4,7-9,12-14H2,1-2H3,(H,25,26). The zero-order valence-corrected chi connectivity index (χ0v) is 18.6. The third kappa shape index (κ3) is 3.12. The van der Waals surface area contributed by atoms with E-state index >= 15 is 0 Å². The van der Waals surface area contributed by atoms with Gasteiger partial charge in [-0.25, -0.2) is 4.98 Å². The lowest BCUT2D eigenvalue weighted by Crippen LogP contribution is -2.37. The van der Waals surface area contributed by atoms with Gasteiger partial charge >= 0.3 is 0 Å². The molecule has 0 radical (unpaired) electrons. The van der Waals surface area contributed by atoms with Crippen molar-refractivity contribution < 1.29 is 9.53 Å². The van der Waals surface area contributed by atoms with Crippen LogP contribution >= 0.6 is 0 Å². The van der Waals surface area contributed by atoms with Crippen molar-refractivity contribution in [2.75, 3.05) is 31.2 Å². The fourth-order valence-corrected chi connectivity index (χ4v) is 5.11. The minimum absolute atomic E-state index is 0.124. The number of aromatic nitrogens is 4. The van der Waals surface area contributed by atoms with E-state index in [4.69, 9.17) is 9.84 Å². The predicted octanol–water partition coefficient (Wildman–Crippen LogP) is 3.14. The molecule has 32 heavy (non-hydrogen) atoms. The van der Waals surface area contributed by atoms with Crippen molar-refractivity contribution in [1.29, 1.82) is 0 Å². The molecule has 5 heterocycles. The first kappa shape index (κ1) is 19.5. The Bertz CT molecular complexity index is 1190. The lowest BCUT2D eigenvalue weighted by molar-refractivity contribution is -0.129. The second-order valence-electron chi connectivity index (χ2n) is 9.06. The summed E-state index contributed by atoms with van der Waals surface area (Å²) in [6.07, 6.45) is 4.89. The van der Waals surface area contributed by atoms with Gasteiger partial charge in [0.25, 0.3) is 0 Å². The van der Waals surface area contributed by atoms with Crippen molar-refractivity contribution >= 4 is 17.4 Å². The summed E-state index contributed by atoms with van der Waals surface area (Å²) in [4.78, 5) is 24.3. The summed E-state index contributed by atoms with van der Waals surface area (Å²) in [7, 11) is 0. The molecule has 3 aliphatic heterocycles. The van der Waals surface area contributed by atoms with E-state index in [9.17, 15) is 4.79 Å². The molecule has 0 unspecified atom stereocenters. The maximum atomic E-state index is 12.1. The van der Waals surface area contributed by atoms with E-state index in [1.807, 2.05) is 18.0 Å². The number of H-pyrrole nitrogens is 1. The number of hydrogen-bond donors (Lipinski definition) is 1. The van der Waals surface area contributed by atoms with Gasteiger partial charge in [0.2, 0.25) is 5.91 Å². The summed E-state index contributed by atoms with van der Waals surface area (Å²) in [5.74, 6) is 2.03. The van der Waals surface area contributed by atoms with Gasteiger partial charge in [-0.3, -0.25) is 9.48 Å². The largest absolute Gasteiger partial charge is 0.377 e. The van der Waals surface area contributed by atoms with Gasteiger partial charge in [-0.05, 0) is 43.5 Å². The topological polar surface area (TPSA) is 79.3 Å². The number of ether oxygens (including phenoxy) is 1. The Morgan fingerprint density at radius 1 is 1.22 bits per heavy atom. The van der Waals surface area contributed by atoms with E-state index in [-0.39, 0.29) is 5.91 Å². The van der Waals surface area contributed by atoms with Crippen molar-refractivity contribution in [3.8, 4) is 11.4 Å². The lowest BCUT2D eigenvalue weighted by atomic mass is 9.98. The van der Waals surface area contributed by atoms with Gasteiger partial charge in [0.15, 0.2) is 5.82 Å². The van der Waals surface area contributed by atoms with Crippen LogP contribution < -0.4 is 4.90 Å². The highest BCUT2D eigenvalue weighted by Crippen LogP contribution is 2.40. The molecule has 1 saturated heterocycles. The first-order chi connectivity index (χ1) is 15.6. The fraction of sp³-hybridized carbons (Fsp3) is 0.458. The van der Waals surface area contributed by atoms with Gasteiger partial charge in [0, 0.05) is 55.1 Å². The van der Waals surface area contributed by atoms with E-state index in [0.717, 1.165) is 55.3 Å². The van der Waals surface area contributed by atoms with Gasteiger partial charge in [-0.15, -0.1) is 0 Å². The van der Waals surface area contributed by atoms with Crippen LogP contribution in [0.4, 0.5) is 11.5 Å². The van der Waals surface area contributed by atoms with E-state index in [0.29, 0.717) is 25.8 Å². The number of aryl methyl sites for hydroxylation is 2. The normalized spacial score (nSPS) is 18.3. The lowest BCUT2D eigenvalue weighted by Gasteiger charge is -2.33. The highest BCUT2D eigenvalue weighted by molar-refractivity contribution is 5.75. The first-order valence-electron chi connectivity index (χ1n) is 11.4. The van der Waals surface area contributed by atoms with Crippen LogP contribution in [0.3, 0.4) is 0 Å². The average molecular weight is 433 g/mol. The van der Waals surface area contributed by atoms with E-state index in [2.05, 4.69) is 37.7 Å². The summed E-state index contributed by atoms with van der Waals surface area (Å²) >= 11 is 0. The Hall–Kier alpha value is -3.13. The van der Waals surface area contributed by atoms with Gasteiger partial charge in [0.05, 0.1) is 31.5 Å². The van der Waals surface area contributed by atoms with Crippen molar-refractivity contribution in [2.24, 2.45) is 0 Å². The molecule has 2 aromatic heterocycles. The Balaban J connectivity index is 1.41. The molecule has 6 rings (SSSR count). The Kier molecular flexibility index (Phi) is 4.57. The number of fused-ring (bicyclic) bond motifs is 2. The predicted molar refractivity (Wildman–Crippen MR) is 121 cm³/mol. The molecule has 3 aliphatic rings. The summed E-state index contributed by atoms with van der Waals surface area (Å²) in [5.41, 5.74) is 7.09. The van der Waals surface area contributed by atoms with Crippen molar-refractivity contribution in [3.05, 3.63) is 46.9 Å². The van der Waals surface area contributed by atoms with Crippen LogP contribution in [0.5, 0.6) is 0 Å². The highest BCUT2D eigenvalue weighted by atomic mass is 16.5. The fourth-order valence-electron chi connectivity index (χ4n) is 5.11. The summed E-state index contributed by atoms with van der Waals surface area (Å²) in [5, 5.41) is 5.12. The number of nitrogens with one attached hydrogen (secondary N) is 1. The van der Waals surface area contributed by atoms with Crippen LogP contribution in [-0.4, -0.2) is 56.9 Å². The molecule has 0 saturated carbocycles. The number of carbonyl (C=O) groups is 1. The van der Waals surface area contributed by atoms with Crippen LogP contribution in [0, 0.1) is 6.92 Å². The maximum Gasteiger partial charge on any atom is 0.219 e. The molecule has 1 amide bonds. The Labute approximate surface area is 187 Å². The van der Waals surface area contributed by atoms with Crippen LogP contribution in [0.1, 0.15) is 41.9 Å². The number of benzene rings is 1. The molecular formula is C24H28N6O2. The van der Waals surface area contributed by atoms with Crippen molar-refractivity contribution in [3.63, 3.8) is 0 Å². The minimum atomic E-state index is 0.124. The highest BCUT2D eigenvalue weighted by Gasteiger charge is 2.34. The molecule has 8 nitrogen and oxygen atoms in total. The molecule has 0 spiro atoms. The molecular weight excluding hydrogens is 404 g/mol. The third-order valence-electron chi connectivity index (χ3n) is 6.91. The van der Waals surface area contributed by atoms with Gasteiger partial charge in [-0.1, -0.05) is 0 Å². The number of anilines is 2. The summed E-state index contributed by atoms with van der Waals surface area (Å²) in [6.45, 7) is 7.39. The van der Waals surface area contributed by atoms with Crippen LogP contribution in [0.15, 0.2) is 24.4 Å². The molecule has 1 fully saturated rings. The van der Waals surface area contributed by atoms with Gasteiger partial charge < -0.3 is 19.5 Å². The van der Waals surface area contributed by atoms with Gasteiger partial charge in [0.1, 0.15) is 5.82 Å². The molecule has 3 aromatic rings. The minimum Gasteiger partial charge on any atom is -0.377 e. The molecule has 0 aliphatic carbocycles. The average Bonchev–Trinajstić information content (AvgIpc) is 3.35. The second-order valence-corrected chi connectivity index (χ2v) is 9.06. The Morgan fingerprint density at radius 3 is 2.81 bits per heavy atom. The number of rotatable bonds is 3. The van der Waals surface area contributed by atoms with Crippen LogP contribution in [0.2, 0.25) is 0 Å². The van der Waals surface area contributed by atoms with Crippen molar-refractivity contribution in [1.82, 2.24) is 24.6 Å². The first-order valence-corrected chi connectivity index (χ1v) is 11.4. The number of hydrogen-bond acceptors (Lipinski definition) is 5. The molecule has 1 aromatic carbocycles. The zero-order valence-electron chi connectivity index (χ0n) is 18.6. The SMILES string of the molecule is CC(=O)N1CCc2c(c(N3CCCc4cc(-c5nc(C)c[nH]5)ccc43)nn2C2COC2)C1. The third-order valence-corrected chi connectivity index (χ3v) is 6.91. The molecule has 166 valence electrons. The molecule has 1 N–H and O–H groups in total. The number of amides is 1. The summed E-state index contributed by atoms with van der Waals surface area (Å²) < 4.78 is 7.64. The molecule has 0 atom stereocenters. The van der Waals surface area contributed by atoms with E-state index in [1.54, 1.807) is 6.92 Å². The number of nitrogens with zero attached hydrogens (tertiary/aromatic N) is 5. The number of imidazole rings is 1.